The zero-order valence-corrected chi connectivity index (χ0v) is 16.4. The van der Waals surface area contributed by atoms with Gasteiger partial charge in [0.15, 0.2) is 0 Å². The highest BCUT2D eigenvalue weighted by Gasteiger charge is 2.11. The Labute approximate surface area is 168 Å². The molecule has 1 N–H and O–H groups in total. The predicted octanol–water partition coefficient (Wildman–Crippen LogP) is 4.84. The number of hydrogen-bond donors (Lipinski definition) is 1. The van der Waals surface area contributed by atoms with Crippen LogP contribution in [0.5, 0.6) is 5.75 Å². The van der Waals surface area contributed by atoms with E-state index in [0.717, 1.165) is 28.4 Å². The van der Waals surface area contributed by atoms with Crippen LogP contribution in [-0.2, 0) is 6.54 Å². The molecule has 0 saturated heterocycles. The van der Waals surface area contributed by atoms with Crippen LogP contribution < -0.4 is 10.1 Å². The smallest absolute Gasteiger partial charge is 0.254 e. The number of hydrogen-bond acceptors (Lipinski definition) is 5. The Kier molecular flexibility index (Phi) is 5.12. The maximum atomic E-state index is 6.14. The second kappa shape index (κ2) is 7.86. The van der Waals surface area contributed by atoms with Gasteiger partial charge in [0.25, 0.3) is 5.78 Å². The maximum Gasteiger partial charge on any atom is 0.254 e. The van der Waals surface area contributed by atoms with Crippen LogP contribution in [0.2, 0.25) is 5.02 Å². The topological polar surface area (TPSA) is 64.3 Å². The second-order valence-corrected chi connectivity index (χ2v) is 7.07. The lowest BCUT2D eigenvalue weighted by Crippen LogP contribution is -2.11. The summed E-state index contributed by atoms with van der Waals surface area (Å²) in [5.41, 5.74) is 2.86. The average molecular weight is 394 g/mol. The summed E-state index contributed by atoms with van der Waals surface area (Å²) >= 11 is 6.14. The van der Waals surface area contributed by atoms with Gasteiger partial charge in [-0.2, -0.15) is 14.6 Å². The molecule has 6 nitrogen and oxygen atoms in total. The quantitative estimate of drug-likeness (QED) is 0.507. The third-order valence-electron chi connectivity index (χ3n) is 4.17. The fourth-order valence-corrected chi connectivity index (χ4v) is 3.08. The lowest BCUT2D eigenvalue weighted by Gasteiger charge is -2.16. The van der Waals surface area contributed by atoms with Gasteiger partial charge in [0.05, 0.1) is 11.8 Å². The molecule has 0 saturated carbocycles. The Balaban J connectivity index is 1.66. The molecule has 4 aromatic rings. The number of anilines is 1. The summed E-state index contributed by atoms with van der Waals surface area (Å²) in [6, 6.07) is 17.6. The lowest BCUT2D eigenvalue weighted by molar-refractivity contribution is 0.240. The first-order valence-corrected chi connectivity index (χ1v) is 9.43. The number of rotatable bonds is 6. The highest BCUT2D eigenvalue weighted by atomic mass is 35.5. The highest BCUT2D eigenvalue weighted by Crippen LogP contribution is 2.26. The molecule has 0 amide bonds. The molecule has 0 aliphatic rings. The van der Waals surface area contributed by atoms with Crippen LogP contribution in [-0.4, -0.2) is 25.7 Å². The van der Waals surface area contributed by atoms with Crippen molar-refractivity contribution in [3.8, 4) is 17.0 Å². The van der Waals surface area contributed by atoms with Gasteiger partial charge in [0.2, 0.25) is 0 Å². The van der Waals surface area contributed by atoms with Crippen molar-refractivity contribution in [1.82, 2.24) is 19.6 Å². The largest absolute Gasteiger partial charge is 0.491 e. The van der Waals surface area contributed by atoms with E-state index in [-0.39, 0.29) is 6.10 Å². The molecule has 142 valence electrons. The first kappa shape index (κ1) is 18.3. The normalized spacial score (nSPS) is 11.1. The molecular weight excluding hydrogens is 374 g/mol. The van der Waals surface area contributed by atoms with E-state index in [2.05, 4.69) is 20.4 Å². The molecule has 0 aliphatic heterocycles. The minimum absolute atomic E-state index is 0.0600. The Hall–Kier alpha value is -3.12. The molecular formula is C21H20ClN5O. The highest BCUT2D eigenvalue weighted by molar-refractivity contribution is 6.30. The summed E-state index contributed by atoms with van der Waals surface area (Å²) < 4.78 is 7.59. The van der Waals surface area contributed by atoms with Crippen LogP contribution in [0.3, 0.4) is 0 Å². The molecule has 0 fully saturated rings. The van der Waals surface area contributed by atoms with Crippen molar-refractivity contribution in [2.45, 2.75) is 26.5 Å². The molecule has 0 radical (unpaired) electrons. The average Bonchev–Trinajstić information content (AvgIpc) is 3.16. The van der Waals surface area contributed by atoms with Crippen molar-refractivity contribution in [3.63, 3.8) is 0 Å². The lowest BCUT2D eigenvalue weighted by atomic mass is 10.1. The Morgan fingerprint density at radius 1 is 1.11 bits per heavy atom. The molecule has 7 heteroatoms. The van der Waals surface area contributed by atoms with Crippen LogP contribution in [0.15, 0.2) is 60.9 Å². The van der Waals surface area contributed by atoms with Gasteiger partial charge in [-0.3, -0.25) is 0 Å². The maximum absolute atomic E-state index is 6.14. The standard InChI is InChI=1S/C21H20ClN5O/c1-14(2)28-19-10-17(22)9-8-16(19)12-23-20-11-18(15-6-4-3-5-7-15)26-21-24-13-25-27(20)21/h3-11,13-14,23H,12H2,1-2H3. The fourth-order valence-electron chi connectivity index (χ4n) is 2.92. The van der Waals surface area contributed by atoms with Crippen LogP contribution in [0.1, 0.15) is 19.4 Å². The van der Waals surface area contributed by atoms with Crippen molar-refractivity contribution in [1.29, 1.82) is 0 Å². The SMILES string of the molecule is CC(C)Oc1cc(Cl)ccc1CNc1cc(-c2ccccc2)nc2ncnn12. The van der Waals surface area contributed by atoms with Gasteiger partial charge in [-0.15, -0.1) is 0 Å². The van der Waals surface area contributed by atoms with Crippen LogP contribution in [0.4, 0.5) is 5.82 Å². The van der Waals surface area contributed by atoms with Crippen molar-refractivity contribution in [3.05, 3.63) is 71.5 Å². The number of halogens is 1. The summed E-state index contributed by atoms with van der Waals surface area (Å²) in [7, 11) is 0. The van der Waals surface area contributed by atoms with E-state index < -0.39 is 0 Å². The Morgan fingerprint density at radius 3 is 2.71 bits per heavy atom. The number of benzene rings is 2. The first-order valence-electron chi connectivity index (χ1n) is 9.05. The van der Waals surface area contributed by atoms with Gasteiger partial charge in [-0.05, 0) is 26.0 Å². The van der Waals surface area contributed by atoms with Crippen LogP contribution in [0.25, 0.3) is 17.0 Å². The van der Waals surface area contributed by atoms with E-state index in [4.69, 9.17) is 16.3 Å². The number of nitrogens with one attached hydrogen (secondary N) is 1. The monoisotopic (exact) mass is 393 g/mol. The molecule has 2 aromatic heterocycles. The molecule has 2 aromatic carbocycles. The summed E-state index contributed by atoms with van der Waals surface area (Å²) in [5, 5.41) is 8.36. The zero-order chi connectivity index (χ0) is 19.5. The Bertz CT molecular complexity index is 1090. The molecule has 2 heterocycles. The van der Waals surface area contributed by atoms with Crippen molar-refractivity contribution < 1.29 is 4.74 Å². The van der Waals surface area contributed by atoms with Gasteiger partial charge in [-0.1, -0.05) is 48.0 Å². The van der Waals surface area contributed by atoms with Crippen molar-refractivity contribution in [2.24, 2.45) is 0 Å². The van der Waals surface area contributed by atoms with E-state index in [1.54, 1.807) is 4.52 Å². The molecule has 28 heavy (non-hydrogen) atoms. The number of nitrogens with zero attached hydrogens (tertiary/aromatic N) is 4. The summed E-state index contributed by atoms with van der Waals surface area (Å²) in [6.45, 7) is 4.53. The van der Waals surface area contributed by atoms with Crippen LogP contribution in [0, 0.1) is 0 Å². The molecule has 4 rings (SSSR count). The van der Waals surface area contributed by atoms with E-state index in [0.29, 0.717) is 17.3 Å². The zero-order valence-electron chi connectivity index (χ0n) is 15.6. The molecule has 0 unspecified atom stereocenters. The van der Waals surface area contributed by atoms with Gasteiger partial charge in [0, 0.05) is 28.8 Å². The van der Waals surface area contributed by atoms with Gasteiger partial charge in [0.1, 0.15) is 17.9 Å². The van der Waals surface area contributed by atoms with Gasteiger partial charge >= 0.3 is 0 Å². The summed E-state index contributed by atoms with van der Waals surface area (Å²) in [5.74, 6) is 2.10. The van der Waals surface area contributed by atoms with Gasteiger partial charge < -0.3 is 10.1 Å². The molecule has 0 spiro atoms. The second-order valence-electron chi connectivity index (χ2n) is 6.64. The number of fused-ring (bicyclic) bond motifs is 1. The minimum atomic E-state index is 0.0600. The summed E-state index contributed by atoms with van der Waals surface area (Å²) in [4.78, 5) is 8.84. The predicted molar refractivity (Wildman–Crippen MR) is 111 cm³/mol. The number of ether oxygens (including phenoxy) is 1. The van der Waals surface area contributed by atoms with E-state index in [1.165, 1.54) is 6.33 Å². The summed E-state index contributed by atoms with van der Waals surface area (Å²) in [6.07, 6.45) is 1.56. The third kappa shape index (κ3) is 3.92. The van der Waals surface area contributed by atoms with Crippen molar-refractivity contribution >= 4 is 23.2 Å². The Morgan fingerprint density at radius 2 is 1.93 bits per heavy atom. The minimum Gasteiger partial charge on any atom is -0.491 e. The number of aromatic nitrogens is 4. The molecule has 0 aliphatic carbocycles. The molecule has 0 bridgehead atoms. The van der Waals surface area contributed by atoms with E-state index >= 15 is 0 Å². The van der Waals surface area contributed by atoms with E-state index in [1.807, 2.05) is 68.4 Å². The third-order valence-corrected chi connectivity index (χ3v) is 4.41. The fraction of sp³-hybridized carbons (Fsp3) is 0.190. The van der Waals surface area contributed by atoms with E-state index in [9.17, 15) is 0 Å². The van der Waals surface area contributed by atoms with Crippen LogP contribution >= 0.6 is 11.6 Å². The van der Waals surface area contributed by atoms with Crippen molar-refractivity contribution in [2.75, 3.05) is 5.32 Å². The first-order chi connectivity index (χ1) is 13.6. The van der Waals surface area contributed by atoms with Gasteiger partial charge in [-0.25, -0.2) is 4.98 Å². The molecule has 0 atom stereocenters.